The second kappa shape index (κ2) is 6.20. The Morgan fingerprint density at radius 1 is 1.41 bits per heavy atom. The molecule has 1 rings (SSSR count). The van der Waals surface area contributed by atoms with E-state index in [1.54, 1.807) is 17.0 Å². The van der Waals surface area contributed by atoms with Crippen LogP contribution in [0.15, 0.2) is 29.3 Å². The Balaban J connectivity index is 2.89. The third-order valence-electron chi connectivity index (χ3n) is 2.49. The molecule has 0 saturated carbocycles. The Hall–Kier alpha value is -1.62. The van der Waals surface area contributed by atoms with E-state index in [2.05, 4.69) is 5.32 Å². The van der Waals surface area contributed by atoms with E-state index in [9.17, 15) is 9.59 Å². The van der Waals surface area contributed by atoms with E-state index in [4.69, 9.17) is 5.73 Å². The maximum Gasteiger partial charge on any atom is 0.243 e. The lowest BCUT2D eigenvalue weighted by atomic mass is 10.0. The lowest BCUT2D eigenvalue weighted by Crippen LogP contribution is -2.38. The molecule has 0 bridgehead atoms. The zero-order valence-corrected chi connectivity index (χ0v) is 10.2. The van der Waals surface area contributed by atoms with Gasteiger partial charge in [-0.3, -0.25) is 9.59 Å². The van der Waals surface area contributed by atoms with Crippen molar-refractivity contribution in [1.29, 1.82) is 0 Å². The van der Waals surface area contributed by atoms with Crippen molar-refractivity contribution < 1.29 is 4.79 Å². The number of nitrogens with zero attached hydrogens (tertiary/aromatic N) is 1. The predicted molar refractivity (Wildman–Crippen MR) is 66.6 cm³/mol. The molecule has 94 valence electrons. The minimum atomic E-state index is -0.317. The Bertz CT molecular complexity index is 406. The lowest BCUT2D eigenvalue weighted by Gasteiger charge is -2.23. The van der Waals surface area contributed by atoms with Gasteiger partial charge in [-0.25, -0.2) is 0 Å². The number of pyridine rings is 1. The molecule has 17 heavy (non-hydrogen) atoms. The first-order chi connectivity index (χ1) is 8.06. The second-order valence-electron chi connectivity index (χ2n) is 4.25. The van der Waals surface area contributed by atoms with Gasteiger partial charge in [-0.05, 0) is 5.92 Å². The van der Waals surface area contributed by atoms with Crippen LogP contribution < -0.4 is 16.5 Å². The van der Waals surface area contributed by atoms with Gasteiger partial charge in [0.1, 0.15) is 6.04 Å². The Morgan fingerprint density at radius 2 is 2.00 bits per heavy atom. The molecule has 0 aliphatic rings. The van der Waals surface area contributed by atoms with Crippen LogP contribution in [0.25, 0.3) is 0 Å². The van der Waals surface area contributed by atoms with Crippen molar-refractivity contribution in [2.75, 3.05) is 13.1 Å². The van der Waals surface area contributed by atoms with Crippen molar-refractivity contribution in [3.8, 4) is 0 Å². The first kappa shape index (κ1) is 13.4. The smallest absolute Gasteiger partial charge is 0.243 e. The summed E-state index contributed by atoms with van der Waals surface area (Å²) in [5, 5.41) is 2.76. The predicted octanol–water partition coefficient (Wildman–Crippen LogP) is 0.120. The van der Waals surface area contributed by atoms with E-state index < -0.39 is 0 Å². The molecular formula is C12H19N3O2. The Kier molecular flexibility index (Phi) is 4.90. The highest BCUT2D eigenvalue weighted by atomic mass is 16.2. The number of hydrogen-bond acceptors (Lipinski definition) is 3. The van der Waals surface area contributed by atoms with E-state index in [1.165, 1.54) is 12.1 Å². The SMILES string of the molecule is CC(C)C(C(=O)NCCN)n1ccc(=O)cc1. The van der Waals surface area contributed by atoms with Crippen LogP contribution in [0.3, 0.4) is 0 Å². The molecule has 0 aromatic carbocycles. The molecule has 1 atom stereocenters. The maximum atomic E-state index is 12.0. The largest absolute Gasteiger partial charge is 0.353 e. The molecule has 3 N–H and O–H groups in total. The van der Waals surface area contributed by atoms with Gasteiger partial charge in [0, 0.05) is 37.6 Å². The summed E-state index contributed by atoms with van der Waals surface area (Å²) >= 11 is 0. The van der Waals surface area contributed by atoms with E-state index in [1.807, 2.05) is 13.8 Å². The summed E-state index contributed by atoms with van der Waals surface area (Å²) in [4.78, 5) is 23.0. The van der Waals surface area contributed by atoms with Crippen LogP contribution in [0.1, 0.15) is 19.9 Å². The van der Waals surface area contributed by atoms with Crippen LogP contribution in [0.5, 0.6) is 0 Å². The van der Waals surface area contributed by atoms with Gasteiger partial charge in [0.2, 0.25) is 5.91 Å². The van der Waals surface area contributed by atoms with Crippen molar-refractivity contribution in [2.45, 2.75) is 19.9 Å². The molecule has 1 aromatic heterocycles. The molecule has 0 aliphatic carbocycles. The van der Waals surface area contributed by atoms with Gasteiger partial charge in [0.05, 0.1) is 0 Å². The fourth-order valence-electron chi connectivity index (χ4n) is 1.69. The van der Waals surface area contributed by atoms with Crippen molar-refractivity contribution in [2.24, 2.45) is 11.7 Å². The molecule has 1 heterocycles. The van der Waals surface area contributed by atoms with Crippen LogP contribution >= 0.6 is 0 Å². The number of nitrogens with two attached hydrogens (primary N) is 1. The van der Waals surface area contributed by atoms with Gasteiger partial charge in [-0.2, -0.15) is 0 Å². The van der Waals surface area contributed by atoms with Crippen molar-refractivity contribution in [3.63, 3.8) is 0 Å². The zero-order valence-electron chi connectivity index (χ0n) is 10.2. The van der Waals surface area contributed by atoms with Gasteiger partial charge in [0.25, 0.3) is 0 Å². The number of carbonyl (C=O) groups excluding carboxylic acids is 1. The highest BCUT2D eigenvalue weighted by molar-refractivity contribution is 5.80. The number of aromatic nitrogens is 1. The summed E-state index contributed by atoms with van der Waals surface area (Å²) in [6, 6.07) is 2.58. The third kappa shape index (κ3) is 3.71. The van der Waals surface area contributed by atoms with E-state index in [0.717, 1.165) is 0 Å². The monoisotopic (exact) mass is 237 g/mol. The van der Waals surface area contributed by atoms with Crippen LogP contribution in [0.4, 0.5) is 0 Å². The van der Waals surface area contributed by atoms with E-state index in [-0.39, 0.29) is 23.3 Å². The molecule has 0 spiro atoms. The number of nitrogens with one attached hydrogen (secondary N) is 1. The number of hydrogen-bond donors (Lipinski definition) is 2. The van der Waals surface area contributed by atoms with E-state index >= 15 is 0 Å². The van der Waals surface area contributed by atoms with Crippen LogP contribution in [-0.2, 0) is 4.79 Å². The fraction of sp³-hybridized carbons (Fsp3) is 0.500. The van der Waals surface area contributed by atoms with Gasteiger partial charge < -0.3 is 15.6 Å². The minimum absolute atomic E-state index is 0.0638. The van der Waals surface area contributed by atoms with Crippen molar-refractivity contribution in [3.05, 3.63) is 34.7 Å². The minimum Gasteiger partial charge on any atom is -0.353 e. The first-order valence-corrected chi connectivity index (χ1v) is 5.72. The van der Waals surface area contributed by atoms with Crippen LogP contribution in [0, 0.1) is 5.92 Å². The molecule has 0 fully saturated rings. The van der Waals surface area contributed by atoms with Crippen LogP contribution in [0.2, 0.25) is 0 Å². The average molecular weight is 237 g/mol. The quantitative estimate of drug-likeness (QED) is 0.763. The number of amides is 1. The summed E-state index contributed by atoms with van der Waals surface area (Å²) in [5.41, 5.74) is 5.28. The highest BCUT2D eigenvalue weighted by Gasteiger charge is 2.22. The normalized spacial score (nSPS) is 12.5. The first-order valence-electron chi connectivity index (χ1n) is 5.72. The summed E-state index contributed by atoms with van der Waals surface area (Å²) in [6.45, 7) is 4.80. The molecule has 0 aliphatic heterocycles. The van der Waals surface area contributed by atoms with Gasteiger partial charge in [0.15, 0.2) is 5.43 Å². The third-order valence-corrected chi connectivity index (χ3v) is 2.49. The molecular weight excluding hydrogens is 218 g/mol. The molecule has 5 nitrogen and oxygen atoms in total. The average Bonchev–Trinajstić information content (AvgIpc) is 2.29. The van der Waals surface area contributed by atoms with Crippen molar-refractivity contribution in [1.82, 2.24) is 9.88 Å². The summed E-state index contributed by atoms with van der Waals surface area (Å²) in [6.07, 6.45) is 3.27. The number of rotatable bonds is 5. The number of carbonyl (C=O) groups is 1. The molecule has 1 unspecified atom stereocenters. The maximum absolute atomic E-state index is 12.0. The van der Waals surface area contributed by atoms with E-state index in [0.29, 0.717) is 13.1 Å². The lowest BCUT2D eigenvalue weighted by molar-refractivity contribution is -0.125. The molecule has 5 heteroatoms. The molecule has 0 radical (unpaired) electrons. The fourth-order valence-corrected chi connectivity index (χ4v) is 1.69. The topological polar surface area (TPSA) is 77.1 Å². The van der Waals surface area contributed by atoms with Gasteiger partial charge >= 0.3 is 0 Å². The molecule has 1 aromatic rings. The Labute approximate surface area is 101 Å². The second-order valence-corrected chi connectivity index (χ2v) is 4.25. The summed E-state index contributed by atoms with van der Waals surface area (Å²) < 4.78 is 1.75. The van der Waals surface area contributed by atoms with Crippen molar-refractivity contribution >= 4 is 5.91 Å². The standard InChI is InChI=1S/C12H19N3O2/c1-9(2)11(12(17)14-6-5-13)15-7-3-10(16)4-8-15/h3-4,7-9,11H,5-6,13H2,1-2H3,(H,14,17). The zero-order chi connectivity index (χ0) is 12.8. The van der Waals surface area contributed by atoms with Gasteiger partial charge in [-0.15, -0.1) is 0 Å². The van der Waals surface area contributed by atoms with Gasteiger partial charge in [-0.1, -0.05) is 13.8 Å². The highest BCUT2D eigenvalue weighted by Crippen LogP contribution is 2.16. The summed E-state index contributed by atoms with van der Waals surface area (Å²) in [7, 11) is 0. The van der Waals surface area contributed by atoms with Crippen LogP contribution in [-0.4, -0.2) is 23.6 Å². The summed E-state index contributed by atoms with van der Waals surface area (Å²) in [5.74, 6) is 0.0596. The Morgan fingerprint density at radius 3 is 2.47 bits per heavy atom. The molecule has 1 amide bonds. The molecule has 0 saturated heterocycles.